The Labute approximate surface area is 171 Å². The number of aromatic nitrogens is 1. The van der Waals surface area contributed by atoms with Crippen LogP contribution in [0.5, 0.6) is 5.75 Å². The van der Waals surface area contributed by atoms with E-state index >= 15 is 0 Å². The first kappa shape index (κ1) is 18.3. The van der Waals surface area contributed by atoms with Crippen molar-refractivity contribution in [2.24, 2.45) is 0 Å². The molecule has 4 rings (SSSR count). The zero-order chi connectivity index (χ0) is 18.8. The maximum atomic E-state index is 12.4. The fraction of sp³-hybridized carbons (Fsp3) is 0.263. The summed E-state index contributed by atoms with van der Waals surface area (Å²) in [5, 5.41) is 1.94. The first-order chi connectivity index (χ1) is 13.1. The van der Waals surface area contributed by atoms with Crippen LogP contribution in [-0.4, -0.2) is 48.6 Å². The summed E-state index contributed by atoms with van der Waals surface area (Å²) in [6.45, 7) is 2.77. The molecule has 1 aromatic heterocycles. The molecule has 0 radical (unpaired) electrons. The predicted molar refractivity (Wildman–Crippen MR) is 110 cm³/mol. The van der Waals surface area contributed by atoms with E-state index in [1.54, 1.807) is 29.5 Å². The van der Waals surface area contributed by atoms with Crippen molar-refractivity contribution in [3.8, 4) is 5.75 Å². The number of carbonyl (C=O) groups excluding carboxylic acids is 1. The van der Waals surface area contributed by atoms with Crippen molar-refractivity contribution in [1.82, 2.24) is 9.88 Å². The summed E-state index contributed by atoms with van der Waals surface area (Å²) in [4.78, 5) is 21.2. The minimum Gasteiger partial charge on any atom is -0.482 e. The molecule has 3 aromatic rings. The van der Waals surface area contributed by atoms with Crippen molar-refractivity contribution in [2.45, 2.75) is 0 Å². The molecule has 1 aliphatic rings. The zero-order valence-electron chi connectivity index (χ0n) is 14.4. The summed E-state index contributed by atoms with van der Waals surface area (Å²) in [6, 6.07) is 13.1. The highest BCUT2D eigenvalue weighted by Crippen LogP contribution is 2.29. The third kappa shape index (κ3) is 4.13. The summed E-state index contributed by atoms with van der Waals surface area (Å²) in [5.74, 6) is 0.410. The van der Waals surface area contributed by atoms with Crippen LogP contribution >= 0.6 is 34.5 Å². The van der Waals surface area contributed by atoms with Gasteiger partial charge in [0.1, 0.15) is 5.75 Å². The van der Waals surface area contributed by atoms with Gasteiger partial charge in [0, 0.05) is 31.2 Å². The van der Waals surface area contributed by atoms with E-state index in [-0.39, 0.29) is 12.5 Å². The van der Waals surface area contributed by atoms with Crippen molar-refractivity contribution >= 4 is 55.8 Å². The number of nitrogens with zero attached hydrogens (tertiary/aromatic N) is 3. The van der Waals surface area contributed by atoms with Crippen molar-refractivity contribution < 1.29 is 9.53 Å². The second kappa shape index (κ2) is 7.92. The number of hydrogen-bond donors (Lipinski definition) is 0. The van der Waals surface area contributed by atoms with Crippen LogP contribution < -0.4 is 9.64 Å². The second-order valence-electron chi connectivity index (χ2n) is 6.20. The highest BCUT2D eigenvalue weighted by molar-refractivity contribution is 7.22. The van der Waals surface area contributed by atoms with Crippen LogP contribution in [0.1, 0.15) is 0 Å². The van der Waals surface area contributed by atoms with Crippen LogP contribution in [-0.2, 0) is 4.79 Å². The van der Waals surface area contributed by atoms with E-state index in [0.717, 1.165) is 23.7 Å². The van der Waals surface area contributed by atoms with Crippen LogP contribution in [0.4, 0.5) is 5.13 Å². The maximum absolute atomic E-state index is 12.4. The molecule has 27 heavy (non-hydrogen) atoms. The smallest absolute Gasteiger partial charge is 0.260 e. The highest BCUT2D eigenvalue weighted by atomic mass is 35.5. The van der Waals surface area contributed by atoms with Crippen molar-refractivity contribution in [3.63, 3.8) is 0 Å². The number of halogens is 2. The van der Waals surface area contributed by atoms with E-state index in [9.17, 15) is 4.79 Å². The van der Waals surface area contributed by atoms with Crippen LogP contribution in [0.15, 0.2) is 42.5 Å². The van der Waals surface area contributed by atoms with E-state index in [0.29, 0.717) is 28.9 Å². The Morgan fingerprint density at radius 2 is 1.89 bits per heavy atom. The van der Waals surface area contributed by atoms with Crippen LogP contribution in [0, 0.1) is 0 Å². The van der Waals surface area contributed by atoms with E-state index in [2.05, 4.69) is 16.0 Å². The second-order valence-corrected chi connectivity index (χ2v) is 8.05. The fourth-order valence-corrected chi connectivity index (χ4v) is 4.45. The lowest BCUT2D eigenvalue weighted by molar-refractivity contribution is -0.133. The number of hydrogen-bond acceptors (Lipinski definition) is 5. The lowest BCUT2D eigenvalue weighted by atomic mass is 10.3. The van der Waals surface area contributed by atoms with Crippen LogP contribution in [0.2, 0.25) is 10.0 Å². The molecule has 0 spiro atoms. The van der Waals surface area contributed by atoms with Crippen molar-refractivity contribution in [1.29, 1.82) is 0 Å². The number of rotatable bonds is 4. The monoisotopic (exact) mass is 421 g/mol. The molecule has 1 amide bonds. The highest BCUT2D eigenvalue weighted by Gasteiger charge is 2.23. The predicted octanol–water partition coefficient (Wildman–Crippen LogP) is 4.33. The van der Waals surface area contributed by atoms with Gasteiger partial charge in [-0.25, -0.2) is 4.98 Å². The minimum atomic E-state index is -0.0510. The van der Waals surface area contributed by atoms with Gasteiger partial charge in [-0.15, -0.1) is 0 Å². The van der Waals surface area contributed by atoms with E-state index in [4.69, 9.17) is 27.9 Å². The van der Waals surface area contributed by atoms with Crippen LogP contribution in [0.3, 0.4) is 0 Å². The SMILES string of the molecule is O=C(COc1ccc(Cl)cc1Cl)N1CCN(c2nc3ccccc3s2)CC1. The summed E-state index contributed by atoms with van der Waals surface area (Å²) >= 11 is 13.6. The van der Waals surface area contributed by atoms with Crippen molar-refractivity contribution in [3.05, 3.63) is 52.5 Å². The van der Waals surface area contributed by atoms with Gasteiger partial charge < -0.3 is 14.5 Å². The molecule has 0 unspecified atom stereocenters. The molecule has 0 N–H and O–H groups in total. The standard InChI is InChI=1S/C19H17Cl2N3O2S/c20-13-5-6-16(14(21)11-13)26-12-18(25)23-7-9-24(10-8-23)19-22-15-3-1-2-4-17(15)27-19/h1-6,11H,7-10,12H2. The molecule has 0 atom stereocenters. The normalized spacial score (nSPS) is 14.6. The van der Waals surface area contributed by atoms with Crippen LogP contribution in [0.25, 0.3) is 10.2 Å². The molecular weight excluding hydrogens is 405 g/mol. The molecule has 1 fully saturated rings. The number of carbonyl (C=O) groups is 1. The van der Waals surface area contributed by atoms with Gasteiger partial charge in [-0.05, 0) is 30.3 Å². The Morgan fingerprint density at radius 3 is 2.63 bits per heavy atom. The third-order valence-electron chi connectivity index (χ3n) is 4.43. The lowest BCUT2D eigenvalue weighted by Gasteiger charge is -2.34. The average Bonchev–Trinajstić information content (AvgIpc) is 3.11. The van der Waals surface area contributed by atoms with Gasteiger partial charge in [0.15, 0.2) is 11.7 Å². The number of para-hydroxylation sites is 1. The largest absolute Gasteiger partial charge is 0.482 e. The number of amides is 1. The maximum Gasteiger partial charge on any atom is 0.260 e. The molecule has 140 valence electrons. The van der Waals surface area contributed by atoms with E-state index < -0.39 is 0 Å². The summed E-state index contributed by atoms with van der Waals surface area (Å²) in [5.41, 5.74) is 1.02. The fourth-order valence-electron chi connectivity index (χ4n) is 2.97. The number of piperazine rings is 1. The van der Waals surface area contributed by atoms with Gasteiger partial charge in [0.05, 0.1) is 15.2 Å². The van der Waals surface area contributed by atoms with Crippen molar-refractivity contribution in [2.75, 3.05) is 37.7 Å². The summed E-state index contributed by atoms with van der Waals surface area (Å²) in [6.07, 6.45) is 0. The minimum absolute atomic E-state index is 0.0392. The molecule has 2 aromatic carbocycles. The third-order valence-corrected chi connectivity index (χ3v) is 6.06. The Hall–Kier alpha value is -2.02. The quantitative estimate of drug-likeness (QED) is 0.628. The van der Waals surface area contributed by atoms with Gasteiger partial charge >= 0.3 is 0 Å². The Morgan fingerprint density at radius 1 is 1.11 bits per heavy atom. The molecular formula is C19H17Cl2N3O2S. The molecule has 2 heterocycles. The molecule has 0 saturated carbocycles. The van der Waals surface area contributed by atoms with Gasteiger partial charge in [-0.2, -0.15) is 0 Å². The van der Waals surface area contributed by atoms with E-state index in [1.807, 2.05) is 23.1 Å². The number of benzene rings is 2. The Kier molecular flexibility index (Phi) is 5.38. The number of fused-ring (bicyclic) bond motifs is 1. The van der Waals surface area contributed by atoms with Gasteiger partial charge in [-0.3, -0.25) is 4.79 Å². The lowest BCUT2D eigenvalue weighted by Crippen LogP contribution is -2.50. The molecule has 8 heteroatoms. The van der Waals surface area contributed by atoms with E-state index in [1.165, 1.54) is 4.70 Å². The number of ether oxygens (including phenoxy) is 1. The van der Waals surface area contributed by atoms with Gasteiger partial charge in [0.2, 0.25) is 0 Å². The summed E-state index contributed by atoms with van der Waals surface area (Å²) < 4.78 is 6.73. The summed E-state index contributed by atoms with van der Waals surface area (Å²) in [7, 11) is 0. The zero-order valence-corrected chi connectivity index (χ0v) is 16.7. The molecule has 5 nitrogen and oxygen atoms in total. The number of thiazole rings is 1. The first-order valence-electron chi connectivity index (χ1n) is 8.56. The first-order valence-corrected chi connectivity index (χ1v) is 10.1. The van der Waals surface area contributed by atoms with Gasteiger partial charge in [-0.1, -0.05) is 46.7 Å². The molecule has 1 saturated heterocycles. The Balaban J connectivity index is 1.32. The average molecular weight is 422 g/mol. The Bertz CT molecular complexity index is 937. The molecule has 0 bridgehead atoms. The molecule has 1 aliphatic heterocycles. The number of anilines is 1. The topological polar surface area (TPSA) is 45.7 Å². The van der Waals surface area contributed by atoms with Gasteiger partial charge in [0.25, 0.3) is 5.91 Å². The molecule has 0 aliphatic carbocycles.